The van der Waals surface area contributed by atoms with E-state index in [4.69, 9.17) is 14.6 Å². The molecule has 1 N–H and O–H groups in total. The van der Waals surface area contributed by atoms with Gasteiger partial charge in [0.05, 0.1) is 19.6 Å². The van der Waals surface area contributed by atoms with Gasteiger partial charge in [-0.1, -0.05) is 6.07 Å². The third-order valence-electron chi connectivity index (χ3n) is 3.68. The van der Waals surface area contributed by atoms with E-state index in [-0.39, 0.29) is 13.0 Å². The summed E-state index contributed by atoms with van der Waals surface area (Å²) in [6.07, 6.45) is 1.64. The van der Waals surface area contributed by atoms with E-state index in [1.807, 2.05) is 12.1 Å². The lowest BCUT2D eigenvalue weighted by Crippen LogP contribution is -2.35. The number of nitrogens with zero attached hydrogens (tertiary/aromatic N) is 2. The van der Waals surface area contributed by atoms with Crippen molar-refractivity contribution in [1.82, 2.24) is 9.88 Å². The van der Waals surface area contributed by atoms with E-state index in [2.05, 4.69) is 9.88 Å². The maximum Gasteiger partial charge on any atom is 0.304 e. The maximum atomic E-state index is 11.0. The highest BCUT2D eigenvalue weighted by Gasteiger charge is 2.19. The van der Waals surface area contributed by atoms with E-state index in [1.165, 1.54) is 6.92 Å². The maximum absolute atomic E-state index is 11.0. The molecule has 0 radical (unpaired) electrons. The minimum Gasteiger partial charge on any atom is -0.481 e. The summed E-state index contributed by atoms with van der Waals surface area (Å²) in [7, 11) is 0. The summed E-state index contributed by atoms with van der Waals surface area (Å²) in [5.74, 6) is -1.81. The lowest BCUT2D eigenvalue weighted by Gasteiger charge is -2.26. The number of pyridine rings is 1. The van der Waals surface area contributed by atoms with Crippen LogP contribution in [0.15, 0.2) is 18.3 Å². The predicted octanol–water partition coefficient (Wildman–Crippen LogP) is 1.04. The Labute approximate surface area is 135 Å². The summed E-state index contributed by atoms with van der Waals surface area (Å²) >= 11 is 0. The molecule has 7 heteroatoms. The molecule has 0 aliphatic carbocycles. The van der Waals surface area contributed by atoms with Crippen LogP contribution in [0.4, 0.5) is 0 Å². The van der Waals surface area contributed by atoms with Crippen LogP contribution in [-0.2, 0) is 25.6 Å². The van der Waals surface area contributed by atoms with Crippen LogP contribution in [0.3, 0.4) is 0 Å². The van der Waals surface area contributed by atoms with Crippen molar-refractivity contribution in [2.75, 3.05) is 32.9 Å². The smallest absolute Gasteiger partial charge is 0.304 e. The molecule has 1 saturated heterocycles. The average Bonchev–Trinajstić information content (AvgIpc) is 2.53. The summed E-state index contributed by atoms with van der Waals surface area (Å²) in [5.41, 5.74) is 1.69. The molecule has 7 nitrogen and oxygen atoms in total. The number of carbonyl (C=O) groups is 2. The van der Waals surface area contributed by atoms with Gasteiger partial charge in [0.15, 0.2) is 0 Å². The van der Waals surface area contributed by atoms with Crippen LogP contribution in [0, 0.1) is 0 Å². The van der Waals surface area contributed by atoms with Crippen LogP contribution in [0.25, 0.3) is 0 Å². The van der Waals surface area contributed by atoms with Gasteiger partial charge < -0.3 is 14.6 Å². The molecule has 0 bridgehead atoms. The second kappa shape index (κ2) is 8.59. The predicted molar refractivity (Wildman–Crippen MR) is 82.0 cm³/mol. The number of esters is 1. The molecule has 1 atom stereocenters. The number of aromatic nitrogens is 1. The molecule has 126 valence electrons. The highest BCUT2D eigenvalue weighted by molar-refractivity contribution is 5.68. The summed E-state index contributed by atoms with van der Waals surface area (Å²) < 4.78 is 10.3. The van der Waals surface area contributed by atoms with E-state index in [0.29, 0.717) is 5.69 Å². The van der Waals surface area contributed by atoms with E-state index in [9.17, 15) is 9.59 Å². The Bertz CT molecular complexity index is 526. The Morgan fingerprint density at radius 1 is 1.39 bits per heavy atom. The monoisotopic (exact) mass is 322 g/mol. The van der Waals surface area contributed by atoms with Gasteiger partial charge in [-0.05, 0) is 11.6 Å². The minimum absolute atomic E-state index is 0.0252. The van der Waals surface area contributed by atoms with Crippen molar-refractivity contribution in [1.29, 1.82) is 0 Å². The molecular weight excluding hydrogens is 300 g/mol. The van der Waals surface area contributed by atoms with Crippen LogP contribution in [-0.4, -0.2) is 59.8 Å². The Balaban J connectivity index is 1.98. The van der Waals surface area contributed by atoms with Crippen molar-refractivity contribution in [3.05, 3.63) is 29.6 Å². The molecule has 1 unspecified atom stereocenters. The number of carboxylic acids is 1. The fourth-order valence-corrected chi connectivity index (χ4v) is 2.47. The number of hydrogen-bond acceptors (Lipinski definition) is 6. The zero-order valence-corrected chi connectivity index (χ0v) is 13.2. The molecule has 1 fully saturated rings. The third kappa shape index (κ3) is 5.96. The second-order valence-electron chi connectivity index (χ2n) is 5.58. The fraction of sp³-hybridized carbons (Fsp3) is 0.562. The molecule has 23 heavy (non-hydrogen) atoms. The zero-order chi connectivity index (χ0) is 16.7. The van der Waals surface area contributed by atoms with E-state index >= 15 is 0 Å². The number of hydrogen-bond donors (Lipinski definition) is 1. The van der Waals surface area contributed by atoms with Gasteiger partial charge in [0.1, 0.15) is 6.61 Å². The number of rotatable bonds is 7. The van der Waals surface area contributed by atoms with Gasteiger partial charge in [0, 0.05) is 44.4 Å². The van der Waals surface area contributed by atoms with Gasteiger partial charge in [0.2, 0.25) is 0 Å². The Morgan fingerprint density at radius 3 is 2.70 bits per heavy atom. The van der Waals surface area contributed by atoms with Crippen molar-refractivity contribution in [3.63, 3.8) is 0 Å². The summed E-state index contributed by atoms with van der Waals surface area (Å²) in [4.78, 5) is 28.6. The summed E-state index contributed by atoms with van der Waals surface area (Å²) in [6, 6.07) is 3.76. The van der Waals surface area contributed by atoms with Crippen LogP contribution < -0.4 is 0 Å². The van der Waals surface area contributed by atoms with Crippen LogP contribution >= 0.6 is 0 Å². The van der Waals surface area contributed by atoms with Gasteiger partial charge in [0.25, 0.3) is 0 Å². The normalized spacial score (nSPS) is 16.7. The van der Waals surface area contributed by atoms with Gasteiger partial charge in [-0.25, -0.2) is 0 Å². The quantitative estimate of drug-likeness (QED) is 0.750. The lowest BCUT2D eigenvalue weighted by atomic mass is 10.0. The molecular formula is C16H22N2O5. The SMILES string of the molecule is CC(=O)OCC(CC(=O)O)c1ccc(CN2CCOCC2)cn1. The van der Waals surface area contributed by atoms with Crippen molar-refractivity contribution in [3.8, 4) is 0 Å². The van der Waals surface area contributed by atoms with Crippen molar-refractivity contribution >= 4 is 11.9 Å². The van der Waals surface area contributed by atoms with Gasteiger partial charge >= 0.3 is 11.9 Å². The first-order valence-corrected chi connectivity index (χ1v) is 7.64. The molecule has 2 heterocycles. The van der Waals surface area contributed by atoms with Crippen LogP contribution in [0.2, 0.25) is 0 Å². The molecule has 1 aliphatic heterocycles. The van der Waals surface area contributed by atoms with Gasteiger partial charge in [-0.3, -0.25) is 19.5 Å². The van der Waals surface area contributed by atoms with Gasteiger partial charge in [-0.2, -0.15) is 0 Å². The Morgan fingerprint density at radius 2 is 2.13 bits per heavy atom. The lowest BCUT2D eigenvalue weighted by molar-refractivity contribution is -0.144. The minimum atomic E-state index is -0.943. The van der Waals surface area contributed by atoms with E-state index < -0.39 is 17.9 Å². The van der Waals surface area contributed by atoms with E-state index in [0.717, 1.165) is 38.4 Å². The topological polar surface area (TPSA) is 89.0 Å². The molecule has 0 amide bonds. The number of carboxylic acid groups (broad SMARTS) is 1. The van der Waals surface area contributed by atoms with Crippen LogP contribution in [0.1, 0.15) is 30.5 Å². The number of aliphatic carboxylic acids is 1. The Hall–Kier alpha value is -1.99. The number of ether oxygens (including phenoxy) is 2. The molecule has 0 saturated carbocycles. The standard InChI is InChI=1S/C16H22N2O5/c1-12(19)23-11-14(8-16(20)21)15-3-2-13(9-17-15)10-18-4-6-22-7-5-18/h2-3,9,14H,4-8,10-11H2,1H3,(H,20,21). The van der Waals surface area contributed by atoms with Crippen molar-refractivity contribution in [2.45, 2.75) is 25.8 Å². The van der Waals surface area contributed by atoms with Crippen LogP contribution in [0.5, 0.6) is 0 Å². The first-order valence-electron chi connectivity index (χ1n) is 7.64. The Kier molecular flexibility index (Phi) is 6.49. The fourth-order valence-electron chi connectivity index (χ4n) is 2.47. The molecule has 2 rings (SSSR count). The molecule has 1 aromatic rings. The van der Waals surface area contributed by atoms with Crippen molar-refractivity contribution < 1.29 is 24.2 Å². The molecule has 1 aromatic heterocycles. The first-order chi connectivity index (χ1) is 11.0. The zero-order valence-electron chi connectivity index (χ0n) is 13.2. The van der Waals surface area contributed by atoms with E-state index in [1.54, 1.807) is 6.20 Å². The number of carbonyl (C=O) groups excluding carboxylic acids is 1. The second-order valence-corrected chi connectivity index (χ2v) is 5.58. The number of morpholine rings is 1. The van der Waals surface area contributed by atoms with Gasteiger partial charge in [-0.15, -0.1) is 0 Å². The highest BCUT2D eigenvalue weighted by atomic mass is 16.5. The third-order valence-corrected chi connectivity index (χ3v) is 3.68. The molecule has 0 aromatic carbocycles. The average molecular weight is 322 g/mol. The molecule has 1 aliphatic rings. The first kappa shape index (κ1) is 17.4. The summed E-state index contributed by atoms with van der Waals surface area (Å²) in [6.45, 7) is 5.41. The largest absolute Gasteiger partial charge is 0.481 e. The highest BCUT2D eigenvalue weighted by Crippen LogP contribution is 2.19. The van der Waals surface area contributed by atoms with Crippen molar-refractivity contribution in [2.24, 2.45) is 0 Å². The summed E-state index contributed by atoms with van der Waals surface area (Å²) in [5, 5.41) is 8.99. The molecule has 0 spiro atoms.